The Balaban J connectivity index is 1.11. The molecule has 0 amide bonds. The van der Waals surface area contributed by atoms with Crippen molar-refractivity contribution in [3.8, 4) is 16.2 Å². The molecule has 5 rings (SSSR count). The quantitative estimate of drug-likeness (QED) is 0.286. The molecule has 1 saturated heterocycles. The van der Waals surface area contributed by atoms with Crippen LogP contribution in [0.15, 0.2) is 42.5 Å². The van der Waals surface area contributed by atoms with Crippen LogP contribution >= 0.6 is 11.3 Å². The minimum atomic E-state index is -0.247. The molecule has 2 aliphatic rings. The second kappa shape index (κ2) is 12.1. The summed E-state index contributed by atoms with van der Waals surface area (Å²) in [6, 6.07) is 14.6. The summed E-state index contributed by atoms with van der Waals surface area (Å²) in [5.74, 6) is 2.55. The molecule has 0 spiro atoms. The SMILES string of the molecule is CCCC1CCC(C2CCC(CCc3ccc(-c4cc5ccc(OCC)c(F)c5s4)cc3)CO2)CC1. The molecule has 2 aromatic carbocycles. The van der Waals surface area contributed by atoms with E-state index in [0.29, 0.717) is 29.1 Å². The van der Waals surface area contributed by atoms with Crippen molar-refractivity contribution in [2.45, 2.75) is 84.2 Å². The van der Waals surface area contributed by atoms with Gasteiger partial charge in [-0.3, -0.25) is 0 Å². The fourth-order valence-corrected chi connectivity index (χ4v) is 7.44. The molecular weight excluding hydrogens is 467 g/mol. The van der Waals surface area contributed by atoms with E-state index in [1.807, 2.05) is 13.0 Å². The van der Waals surface area contributed by atoms with Crippen LogP contribution < -0.4 is 4.74 Å². The maximum Gasteiger partial charge on any atom is 0.182 e. The highest BCUT2D eigenvalue weighted by Crippen LogP contribution is 2.39. The molecule has 1 saturated carbocycles. The molecule has 0 radical (unpaired) electrons. The van der Waals surface area contributed by atoms with Gasteiger partial charge in [-0.05, 0) is 97.9 Å². The molecule has 2 fully saturated rings. The van der Waals surface area contributed by atoms with E-state index in [9.17, 15) is 4.39 Å². The van der Waals surface area contributed by atoms with Crippen molar-refractivity contribution in [3.63, 3.8) is 0 Å². The topological polar surface area (TPSA) is 18.5 Å². The third-order valence-corrected chi connectivity index (χ3v) is 9.68. The smallest absolute Gasteiger partial charge is 0.182 e. The Kier molecular flexibility index (Phi) is 8.64. The summed E-state index contributed by atoms with van der Waals surface area (Å²) in [7, 11) is 0. The van der Waals surface area contributed by atoms with Gasteiger partial charge in [-0.2, -0.15) is 0 Å². The normalized spacial score (nSPS) is 24.8. The van der Waals surface area contributed by atoms with E-state index in [1.54, 1.807) is 6.07 Å². The van der Waals surface area contributed by atoms with Gasteiger partial charge in [-0.15, -0.1) is 11.3 Å². The van der Waals surface area contributed by atoms with Crippen molar-refractivity contribution in [2.24, 2.45) is 17.8 Å². The summed E-state index contributed by atoms with van der Waals surface area (Å²) in [6.45, 7) is 5.60. The van der Waals surface area contributed by atoms with E-state index < -0.39 is 0 Å². The van der Waals surface area contributed by atoms with Gasteiger partial charge in [0, 0.05) is 11.5 Å². The zero-order valence-corrected chi connectivity index (χ0v) is 22.8. The summed E-state index contributed by atoms with van der Waals surface area (Å²) in [5.41, 5.74) is 2.52. The van der Waals surface area contributed by atoms with Gasteiger partial charge < -0.3 is 9.47 Å². The lowest BCUT2D eigenvalue weighted by molar-refractivity contribution is -0.0594. The van der Waals surface area contributed by atoms with Crippen LogP contribution in [0.3, 0.4) is 0 Å². The van der Waals surface area contributed by atoms with Gasteiger partial charge in [0.1, 0.15) is 0 Å². The highest BCUT2D eigenvalue weighted by atomic mass is 32.1. The van der Waals surface area contributed by atoms with E-state index in [0.717, 1.165) is 40.7 Å². The number of hydrogen-bond donors (Lipinski definition) is 0. The highest BCUT2D eigenvalue weighted by molar-refractivity contribution is 7.22. The molecule has 0 bridgehead atoms. The molecule has 4 heteroatoms. The van der Waals surface area contributed by atoms with Crippen molar-refractivity contribution in [1.82, 2.24) is 0 Å². The summed E-state index contributed by atoms with van der Waals surface area (Å²) in [6.07, 6.45) is 13.7. The van der Waals surface area contributed by atoms with Crippen LogP contribution in [0.5, 0.6) is 5.75 Å². The summed E-state index contributed by atoms with van der Waals surface area (Å²) in [4.78, 5) is 1.10. The fraction of sp³-hybridized carbons (Fsp3) is 0.562. The number of hydrogen-bond acceptors (Lipinski definition) is 3. The highest BCUT2D eigenvalue weighted by Gasteiger charge is 2.31. The first-order chi connectivity index (χ1) is 17.6. The Bertz CT molecular complexity index is 1110. The maximum absolute atomic E-state index is 14.8. The lowest BCUT2D eigenvalue weighted by Gasteiger charge is -2.38. The average Bonchev–Trinajstić information content (AvgIpc) is 3.36. The Morgan fingerprint density at radius 2 is 1.69 bits per heavy atom. The van der Waals surface area contributed by atoms with Crippen molar-refractivity contribution in [2.75, 3.05) is 13.2 Å². The first-order valence-corrected chi connectivity index (χ1v) is 15.0. The fourth-order valence-electron chi connectivity index (χ4n) is 6.35. The van der Waals surface area contributed by atoms with E-state index >= 15 is 0 Å². The third-order valence-electron chi connectivity index (χ3n) is 8.49. The minimum absolute atomic E-state index is 0.247. The second-order valence-corrected chi connectivity index (χ2v) is 12.0. The number of benzene rings is 2. The van der Waals surface area contributed by atoms with E-state index in [4.69, 9.17) is 9.47 Å². The first-order valence-electron chi connectivity index (χ1n) is 14.2. The van der Waals surface area contributed by atoms with Gasteiger partial charge >= 0.3 is 0 Å². The van der Waals surface area contributed by atoms with Crippen LogP contribution in [0.2, 0.25) is 0 Å². The summed E-state index contributed by atoms with van der Waals surface area (Å²) >= 11 is 1.50. The molecule has 36 heavy (non-hydrogen) atoms. The standard InChI is InChI=1S/C32H41FO2S/c1-3-5-22-8-13-25(14-9-22)28-18-12-24(21-35-28)7-6-23-10-15-26(16-11-23)30-20-27-17-19-29(34-4-2)31(33)32(27)36-30/h10-11,15-17,19-20,22,24-25,28H,3-9,12-14,18,21H2,1-2H3. The Labute approximate surface area is 220 Å². The van der Waals surface area contributed by atoms with Gasteiger partial charge in [-0.1, -0.05) is 56.9 Å². The molecule has 0 N–H and O–H groups in total. The van der Waals surface area contributed by atoms with Gasteiger partial charge in [-0.25, -0.2) is 4.39 Å². The predicted octanol–water partition coefficient (Wildman–Crippen LogP) is 9.44. The zero-order valence-electron chi connectivity index (χ0n) is 21.9. The summed E-state index contributed by atoms with van der Waals surface area (Å²) in [5, 5.41) is 0.935. The van der Waals surface area contributed by atoms with Crippen LogP contribution in [0, 0.1) is 23.6 Å². The number of aryl methyl sites for hydroxylation is 1. The lowest BCUT2D eigenvalue weighted by atomic mass is 9.76. The Morgan fingerprint density at radius 3 is 2.39 bits per heavy atom. The number of halogens is 1. The minimum Gasteiger partial charge on any atom is -0.491 e. The number of ether oxygens (including phenoxy) is 2. The Hall–Kier alpha value is -1.91. The zero-order chi connectivity index (χ0) is 24.9. The molecule has 1 aromatic heterocycles. The number of fused-ring (bicyclic) bond motifs is 1. The molecule has 1 aliphatic carbocycles. The average molecular weight is 509 g/mol. The van der Waals surface area contributed by atoms with E-state index in [2.05, 4.69) is 37.3 Å². The third kappa shape index (κ3) is 5.97. The largest absolute Gasteiger partial charge is 0.491 e. The van der Waals surface area contributed by atoms with Crippen molar-refractivity contribution < 1.29 is 13.9 Å². The molecule has 2 nitrogen and oxygen atoms in total. The van der Waals surface area contributed by atoms with Crippen molar-refractivity contribution in [1.29, 1.82) is 0 Å². The van der Waals surface area contributed by atoms with Gasteiger partial charge in [0.2, 0.25) is 0 Å². The molecule has 1 aliphatic heterocycles. The predicted molar refractivity (Wildman–Crippen MR) is 150 cm³/mol. The molecular formula is C32H41FO2S. The van der Waals surface area contributed by atoms with Crippen LogP contribution in [0.4, 0.5) is 4.39 Å². The van der Waals surface area contributed by atoms with Crippen LogP contribution in [0.1, 0.15) is 77.2 Å². The maximum atomic E-state index is 14.8. The first kappa shape index (κ1) is 25.7. The summed E-state index contributed by atoms with van der Waals surface area (Å²) < 4.78 is 27.3. The monoisotopic (exact) mass is 508 g/mol. The van der Waals surface area contributed by atoms with Gasteiger partial charge in [0.25, 0.3) is 0 Å². The van der Waals surface area contributed by atoms with Crippen LogP contribution in [-0.4, -0.2) is 19.3 Å². The number of thiophene rings is 1. The van der Waals surface area contributed by atoms with Gasteiger partial charge in [0.05, 0.1) is 17.4 Å². The van der Waals surface area contributed by atoms with Crippen LogP contribution in [0.25, 0.3) is 20.5 Å². The van der Waals surface area contributed by atoms with Crippen molar-refractivity contribution in [3.05, 3.63) is 53.8 Å². The second-order valence-electron chi connectivity index (χ2n) is 11.0. The molecule has 2 atom stereocenters. The van der Waals surface area contributed by atoms with E-state index in [1.165, 1.54) is 74.7 Å². The molecule has 3 aromatic rings. The van der Waals surface area contributed by atoms with E-state index in [-0.39, 0.29) is 5.82 Å². The molecule has 194 valence electrons. The lowest BCUT2D eigenvalue weighted by Crippen LogP contribution is -2.34. The van der Waals surface area contributed by atoms with Crippen molar-refractivity contribution >= 4 is 21.4 Å². The number of rotatable bonds is 9. The van der Waals surface area contributed by atoms with Gasteiger partial charge in [0.15, 0.2) is 11.6 Å². The molecule has 2 unspecified atom stereocenters. The van der Waals surface area contributed by atoms with Crippen LogP contribution in [-0.2, 0) is 11.2 Å². The Morgan fingerprint density at radius 1 is 0.917 bits per heavy atom. The molecule has 2 heterocycles.